The zero-order valence-electron chi connectivity index (χ0n) is 15.4. The average Bonchev–Trinajstić information content (AvgIpc) is 2.66. The predicted octanol–water partition coefficient (Wildman–Crippen LogP) is 3.69. The lowest BCUT2D eigenvalue weighted by Gasteiger charge is -2.10. The highest BCUT2D eigenvalue weighted by Gasteiger charge is 2.38. The molecule has 4 N–H and O–H groups in total. The largest absolute Gasteiger partial charge is 0.490 e. The van der Waals surface area contributed by atoms with Gasteiger partial charge >= 0.3 is 18.1 Å². The van der Waals surface area contributed by atoms with Gasteiger partial charge in [0.2, 0.25) is 0 Å². The molecule has 2 aromatic rings. The van der Waals surface area contributed by atoms with E-state index in [1.54, 1.807) is 12.2 Å². The number of aliphatic carboxylic acids is 2. The van der Waals surface area contributed by atoms with Crippen LogP contribution < -0.4 is 5.73 Å². The van der Waals surface area contributed by atoms with E-state index in [9.17, 15) is 23.1 Å². The van der Waals surface area contributed by atoms with Gasteiger partial charge in [0.05, 0.1) is 5.92 Å². The fourth-order valence-electron chi connectivity index (χ4n) is 2.34. The van der Waals surface area contributed by atoms with Crippen LogP contribution in [0.5, 0.6) is 0 Å². The zero-order valence-corrected chi connectivity index (χ0v) is 15.4. The van der Waals surface area contributed by atoms with Gasteiger partial charge in [-0.3, -0.25) is 4.79 Å². The van der Waals surface area contributed by atoms with Gasteiger partial charge in [-0.2, -0.15) is 13.2 Å². The van der Waals surface area contributed by atoms with Gasteiger partial charge in [-0.25, -0.2) is 4.79 Å². The quantitative estimate of drug-likeness (QED) is 0.606. The number of halogens is 3. The summed E-state index contributed by atoms with van der Waals surface area (Å²) in [6, 6.07) is 19.4. The van der Waals surface area contributed by atoms with Crippen LogP contribution in [0.25, 0.3) is 0 Å². The van der Waals surface area contributed by atoms with E-state index in [0.717, 1.165) is 11.1 Å². The minimum absolute atomic E-state index is 0.181. The molecule has 29 heavy (non-hydrogen) atoms. The van der Waals surface area contributed by atoms with E-state index in [-0.39, 0.29) is 6.04 Å². The van der Waals surface area contributed by atoms with Crippen LogP contribution in [0.15, 0.2) is 72.8 Å². The van der Waals surface area contributed by atoms with E-state index >= 15 is 0 Å². The summed E-state index contributed by atoms with van der Waals surface area (Å²) >= 11 is 0. The molecule has 0 bridgehead atoms. The molecule has 2 aromatic carbocycles. The van der Waals surface area contributed by atoms with Crippen LogP contribution in [0.3, 0.4) is 0 Å². The van der Waals surface area contributed by atoms with E-state index in [1.165, 1.54) is 0 Å². The molecule has 0 heterocycles. The Morgan fingerprint density at radius 2 is 1.28 bits per heavy atom. The third-order valence-electron chi connectivity index (χ3n) is 3.76. The Kier molecular flexibility index (Phi) is 9.61. The molecule has 2 rings (SSSR count). The van der Waals surface area contributed by atoms with Gasteiger partial charge in [0.15, 0.2) is 0 Å². The fourth-order valence-corrected chi connectivity index (χ4v) is 2.34. The Bertz CT molecular complexity index is 793. The molecule has 2 atom stereocenters. The summed E-state index contributed by atoms with van der Waals surface area (Å²) in [5.74, 6) is -4.14. The van der Waals surface area contributed by atoms with Crippen LogP contribution in [0.4, 0.5) is 13.2 Å². The fraction of sp³-hybridized carbons (Fsp3) is 0.238. The van der Waals surface area contributed by atoms with Crippen LogP contribution in [-0.4, -0.2) is 34.4 Å². The number of benzene rings is 2. The average molecular weight is 409 g/mol. The number of carboxylic acids is 2. The molecule has 5 nitrogen and oxygen atoms in total. The van der Waals surface area contributed by atoms with E-state index in [4.69, 9.17) is 15.6 Å². The lowest BCUT2D eigenvalue weighted by molar-refractivity contribution is -0.192. The third-order valence-corrected chi connectivity index (χ3v) is 3.76. The van der Waals surface area contributed by atoms with Gasteiger partial charge < -0.3 is 15.9 Å². The van der Waals surface area contributed by atoms with Crippen LogP contribution in [0.1, 0.15) is 11.1 Å². The Balaban J connectivity index is 0.000000516. The summed E-state index contributed by atoms with van der Waals surface area (Å²) in [6.07, 6.45) is -0.391. The molecule has 156 valence electrons. The Labute approximate surface area is 166 Å². The predicted molar refractivity (Wildman–Crippen MR) is 102 cm³/mol. The smallest absolute Gasteiger partial charge is 0.481 e. The molecule has 0 radical (unpaired) electrons. The van der Waals surface area contributed by atoms with Crippen molar-refractivity contribution in [3.63, 3.8) is 0 Å². The maximum atomic E-state index is 11.4. The van der Waals surface area contributed by atoms with Crippen molar-refractivity contribution in [2.75, 3.05) is 0 Å². The minimum Gasteiger partial charge on any atom is -0.481 e. The maximum absolute atomic E-state index is 11.4. The van der Waals surface area contributed by atoms with E-state index < -0.39 is 24.0 Å². The van der Waals surface area contributed by atoms with Crippen LogP contribution in [-0.2, 0) is 22.4 Å². The molecule has 0 spiro atoms. The standard InChI is InChI=1S/C19H21NO2.C2HF3O2/c20-18(14-16-9-5-2-6-10-16)12-11-17(19(21)22)13-15-7-3-1-4-8-15;3-2(4,5)1(6)7/h1-12,17-18H,13-14,20H2,(H,21,22);(H,6,7)/b12-11+;/t17-,18-;/m1./s1. The van der Waals surface area contributed by atoms with Crippen molar-refractivity contribution in [2.45, 2.75) is 25.1 Å². The number of hydrogen-bond donors (Lipinski definition) is 3. The van der Waals surface area contributed by atoms with Crippen LogP contribution in [0, 0.1) is 5.92 Å². The summed E-state index contributed by atoms with van der Waals surface area (Å²) < 4.78 is 31.7. The molecular weight excluding hydrogens is 387 g/mol. The summed E-state index contributed by atoms with van der Waals surface area (Å²) in [5, 5.41) is 16.5. The van der Waals surface area contributed by atoms with Gasteiger partial charge in [-0.05, 0) is 24.0 Å². The van der Waals surface area contributed by atoms with Gasteiger partial charge in [0, 0.05) is 6.04 Å². The van der Waals surface area contributed by atoms with Gasteiger partial charge in [-0.1, -0.05) is 72.8 Å². The molecular formula is C21H22F3NO4. The molecule has 0 aliphatic rings. The first kappa shape index (κ1) is 23.9. The van der Waals surface area contributed by atoms with Gasteiger partial charge in [0.25, 0.3) is 0 Å². The molecule has 0 aliphatic carbocycles. The number of hydrogen-bond acceptors (Lipinski definition) is 3. The first-order chi connectivity index (χ1) is 13.6. The van der Waals surface area contributed by atoms with Crippen molar-refractivity contribution in [2.24, 2.45) is 11.7 Å². The maximum Gasteiger partial charge on any atom is 0.490 e. The first-order valence-electron chi connectivity index (χ1n) is 8.64. The second-order valence-corrected chi connectivity index (χ2v) is 6.18. The number of alkyl halides is 3. The van der Waals surface area contributed by atoms with Crippen molar-refractivity contribution in [1.29, 1.82) is 0 Å². The molecule has 0 unspecified atom stereocenters. The van der Waals surface area contributed by atoms with Crippen molar-refractivity contribution in [1.82, 2.24) is 0 Å². The monoisotopic (exact) mass is 409 g/mol. The zero-order chi connectivity index (χ0) is 21.9. The summed E-state index contributed by atoms with van der Waals surface area (Å²) in [4.78, 5) is 20.3. The summed E-state index contributed by atoms with van der Waals surface area (Å²) in [6.45, 7) is 0. The topological polar surface area (TPSA) is 101 Å². The molecule has 8 heteroatoms. The number of carboxylic acid groups (broad SMARTS) is 2. The SMILES string of the molecule is N[C@H](/C=C/[C@H](Cc1ccccc1)C(=O)O)Cc1ccccc1.O=C(O)C(F)(F)F. The first-order valence-corrected chi connectivity index (χ1v) is 8.64. The number of rotatable bonds is 7. The molecule has 0 saturated carbocycles. The molecule has 0 fully saturated rings. The lowest BCUT2D eigenvalue weighted by Crippen LogP contribution is -2.21. The van der Waals surface area contributed by atoms with Gasteiger partial charge in [-0.15, -0.1) is 0 Å². The normalized spacial score (nSPS) is 13.2. The van der Waals surface area contributed by atoms with Crippen molar-refractivity contribution >= 4 is 11.9 Å². The van der Waals surface area contributed by atoms with Crippen molar-refractivity contribution in [3.8, 4) is 0 Å². The molecule has 0 aliphatic heterocycles. The second kappa shape index (κ2) is 11.7. The highest BCUT2D eigenvalue weighted by Crippen LogP contribution is 2.13. The highest BCUT2D eigenvalue weighted by atomic mass is 19.4. The summed E-state index contributed by atoms with van der Waals surface area (Å²) in [7, 11) is 0. The number of carbonyl (C=O) groups is 2. The summed E-state index contributed by atoms with van der Waals surface area (Å²) in [5.41, 5.74) is 8.23. The van der Waals surface area contributed by atoms with Crippen molar-refractivity contribution < 1.29 is 33.0 Å². The molecule has 0 amide bonds. The van der Waals surface area contributed by atoms with E-state index in [1.807, 2.05) is 60.7 Å². The van der Waals surface area contributed by atoms with Crippen LogP contribution in [0.2, 0.25) is 0 Å². The van der Waals surface area contributed by atoms with E-state index in [0.29, 0.717) is 12.8 Å². The van der Waals surface area contributed by atoms with Crippen LogP contribution >= 0.6 is 0 Å². The lowest BCUT2D eigenvalue weighted by atomic mass is 9.97. The number of nitrogens with two attached hydrogens (primary N) is 1. The van der Waals surface area contributed by atoms with E-state index in [2.05, 4.69) is 0 Å². The highest BCUT2D eigenvalue weighted by molar-refractivity contribution is 5.73. The van der Waals surface area contributed by atoms with Gasteiger partial charge in [0.1, 0.15) is 0 Å². The Morgan fingerprint density at radius 1 is 0.862 bits per heavy atom. The Morgan fingerprint density at radius 3 is 1.66 bits per heavy atom. The second-order valence-electron chi connectivity index (χ2n) is 6.18. The molecule has 0 saturated heterocycles. The van der Waals surface area contributed by atoms with Crippen molar-refractivity contribution in [3.05, 3.63) is 83.9 Å². The molecule has 0 aromatic heterocycles. The minimum atomic E-state index is -5.08. The Hall–Kier alpha value is -3.13. The third kappa shape index (κ3) is 10.1.